The minimum Gasteiger partial charge on any atom is -0.479 e. The molecule has 1 aliphatic rings. The van der Waals surface area contributed by atoms with Gasteiger partial charge in [-0.25, -0.2) is 9.78 Å². The van der Waals surface area contributed by atoms with E-state index in [1.54, 1.807) is 17.6 Å². The van der Waals surface area contributed by atoms with Gasteiger partial charge in [0, 0.05) is 17.1 Å². The molecule has 0 radical (unpaired) electrons. The Labute approximate surface area is 193 Å². The Kier molecular flexibility index (Phi) is 6.48. The van der Waals surface area contributed by atoms with Crippen molar-refractivity contribution in [3.63, 3.8) is 0 Å². The van der Waals surface area contributed by atoms with Crippen LogP contribution in [-0.2, 0) is 10.2 Å². The number of thiazole rings is 1. The van der Waals surface area contributed by atoms with Crippen molar-refractivity contribution in [3.8, 4) is 6.07 Å². The summed E-state index contributed by atoms with van der Waals surface area (Å²) in [7, 11) is 0. The topological polar surface area (TPSA) is 94.3 Å². The second-order valence-electron chi connectivity index (χ2n) is 10.1. The number of aryl methyl sites for hydroxylation is 1. The number of aliphatic carboxylic acids is 1. The fourth-order valence-corrected chi connectivity index (χ4v) is 5.82. The Morgan fingerprint density at radius 3 is 2.53 bits per heavy atom. The molecule has 1 fully saturated rings. The van der Waals surface area contributed by atoms with Gasteiger partial charge < -0.3 is 10.0 Å². The summed E-state index contributed by atoms with van der Waals surface area (Å²) in [5.41, 5.74) is 1.02. The molecule has 3 atom stereocenters. The van der Waals surface area contributed by atoms with Gasteiger partial charge in [0.1, 0.15) is 16.6 Å². The van der Waals surface area contributed by atoms with Crippen molar-refractivity contribution < 1.29 is 14.7 Å². The molecule has 0 aliphatic carbocycles. The molecule has 1 amide bonds. The predicted octanol–water partition coefficient (Wildman–Crippen LogP) is 5.35. The Hall–Kier alpha value is -2.72. The molecule has 6 nitrogen and oxygen atoms in total. The van der Waals surface area contributed by atoms with Crippen LogP contribution in [0.4, 0.5) is 0 Å². The molecule has 1 aliphatic heterocycles. The standard InChI is InChI=1S/C25H31N3O3S/c1-15(2)12-25(23(30)31)13-18(14-26)20(21-27-9-10-32-21)28(25)22(29)17-7-8-19(16(3)11-17)24(4,5)6/h7-11,15,18,20H,12-13H2,1-6H3,(H,30,31)/t18-,20+,25-/m0/s1. The minimum atomic E-state index is -1.46. The molecule has 3 rings (SSSR count). The van der Waals surface area contributed by atoms with E-state index in [9.17, 15) is 20.0 Å². The molecule has 2 heterocycles. The molecule has 0 unspecified atom stereocenters. The quantitative estimate of drug-likeness (QED) is 0.659. The van der Waals surface area contributed by atoms with Crippen LogP contribution in [0.2, 0.25) is 0 Å². The maximum Gasteiger partial charge on any atom is 0.329 e. The van der Waals surface area contributed by atoms with Crippen LogP contribution in [0.1, 0.15) is 80.0 Å². The van der Waals surface area contributed by atoms with E-state index in [2.05, 4.69) is 31.8 Å². The van der Waals surface area contributed by atoms with E-state index in [0.29, 0.717) is 10.6 Å². The van der Waals surface area contributed by atoms with Gasteiger partial charge in [0.2, 0.25) is 0 Å². The highest BCUT2D eigenvalue weighted by Crippen LogP contribution is 2.50. The lowest BCUT2D eigenvalue weighted by molar-refractivity contribution is -0.150. The van der Waals surface area contributed by atoms with Crippen LogP contribution in [0.3, 0.4) is 0 Å². The van der Waals surface area contributed by atoms with Crippen molar-refractivity contribution in [2.75, 3.05) is 0 Å². The molecule has 0 bridgehead atoms. The van der Waals surface area contributed by atoms with E-state index in [1.165, 1.54) is 16.2 Å². The summed E-state index contributed by atoms with van der Waals surface area (Å²) in [6.07, 6.45) is 1.99. The summed E-state index contributed by atoms with van der Waals surface area (Å²) in [6, 6.07) is 7.14. The van der Waals surface area contributed by atoms with Crippen LogP contribution in [-0.4, -0.2) is 32.4 Å². The van der Waals surface area contributed by atoms with Gasteiger partial charge in [-0.2, -0.15) is 5.26 Å². The Morgan fingerprint density at radius 2 is 2.06 bits per heavy atom. The number of hydrogen-bond acceptors (Lipinski definition) is 5. The summed E-state index contributed by atoms with van der Waals surface area (Å²) < 4.78 is 0. The molecule has 1 aromatic carbocycles. The van der Waals surface area contributed by atoms with Crippen molar-refractivity contribution in [2.45, 2.75) is 71.4 Å². The van der Waals surface area contributed by atoms with Gasteiger partial charge in [0.25, 0.3) is 5.91 Å². The number of carbonyl (C=O) groups is 2. The SMILES string of the molecule is Cc1cc(C(=O)N2[C@@H](c3nccs3)[C@H](C#N)C[C@@]2(CC(C)C)C(=O)O)ccc1C(C)(C)C. The molecular formula is C25H31N3O3S. The fourth-order valence-electron chi connectivity index (χ4n) is 5.03. The van der Waals surface area contributed by atoms with Crippen molar-refractivity contribution in [3.05, 3.63) is 51.5 Å². The van der Waals surface area contributed by atoms with E-state index in [0.717, 1.165) is 11.1 Å². The molecule has 7 heteroatoms. The number of carbonyl (C=O) groups excluding carboxylic acids is 1. The van der Waals surface area contributed by atoms with Crippen molar-refractivity contribution >= 4 is 23.2 Å². The molecule has 0 spiro atoms. The number of likely N-dealkylation sites (tertiary alicyclic amines) is 1. The molecule has 1 saturated heterocycles. The highest BCUT2D eigenvalue weighted by atomic mass is 32.1. The minimum absolute atomic E-state index is 0.0285. The third-order valence-electron chi connectivity index (χ3n) is 6.19. The highest BCUT2D eigenvalue weighted by molar-refractivity contribution is 7.09. The first-order chi connectivity index (χ1) is 14.9. The van der Waals surface area contributed by atoms with E-state index in [4.69, 9.17) is 0 Å². The first-order valence-corrected chi connectivity index (χ1v) is 11.8. The molecule has 2 aromatic rings. The van der Waals surface area contributed by atoms with E-state index in [-0.39, 0.29) is 30.1 Å². The Bertz CT molecular complexity index is 1050. The number of amides is 1. The normalized spacial score (nSPS) is 23.4. The third-order valence-corrected chi connectivity index (χ3v) is 7.04. The summed E-state index contributed by atoms with van der Waals surface area (Å²) in [4.78, 5) is 32.5. The van der Waals surface area contributed by atoms with Crippen molar-refractivity contribution in [2.24, 2.45) is 11.8 Å². The smallest absolute Gasteiger partial charge is 0.329 e. The van der Waals surface area contributed by atoms with Crippen LogP contribution in [0, 0.1) is 30.1 Å². The van der Waals surface area contributed by atoms with Gasteiger partial charge in [0.15, 0.2) is 0 Å². The second-order valence-corrected chi connectivity index (χ2v) is 11.1. The predicted molar refractivity (Wildman–Crippen MR) is 124 cm³/mol. The summed E-state index contributed by atoms with van der Waals surface area (Å²) in [5, 5.41) is 22.7. The third kappa shape index (κ3) is 4.16. The lowest BCUT2D eigenvalue weighted by atomic mass is 9.83. The number of benzene rings is 1. The average Bonchev–Trinajstić information content (AvgIpc) is 3.32. The zero-order chi connectivity index (χ0) is 23.8. The molecule has 1 aromatic heterocycles. The second kappa shape index (κ2) is 8.67. The molecule has 0 saturated carbocycles. The molecular weight excluding hydrogens is 422 g/mol. The number of carboxylic acids is 1. The summed E-state index contributed by atoms with van der Waals surface area (Å²) in [5.74, 6) is -2.05. The molecule has 1 N–H and O–H groups in total. The fraction of sp³-hybridized carbons (Fsp3) is 0.520. The molecule has 32 heavy (non-hydrogen) atoms. The lowest BCUT2D eigenvalue weighted by Gasteiger charge is -2.38. The monoisotopic (exact) mass is 453 g/mol. The van der Waals surface area contributed by atoms with E-state index >= 15 is 0 Å². The van der Waals surface area contributed by atoms with Gasteiger partial charge in [-0.05, 0) is 54.4 Å². The first-order valence-electron chi connectivity index (χ1n) is 10.9. The maximum absolute atomic E-state index is 14.0. The number of nitriles is 1. The van der Waals surface area contributed by atoms with Crippen LogP contribution in [0.15, 0.2) is 29.8 Å². The first kappa shape index (κ1) is 23.9. The summed E-state index contributed by atoms with van der Waals surface area (Å²) >= 11 is 1.35. The lowest BCUT2D eigenvalue weighted by Crippen LogP contribution is -2.54. The van der Waals surface area contributed by atoms with Gasteiger partial charge in [-0.3, -0.25) is 4.79 Å². The average molecular weight is 454 g/mol. The van der Waals surface area contributed by atoms with Crippen molar-refractivity contribution in [1.82, 2.24) is 9.88 Å². The highest BCUT2D eigenvalue weighted by Gasteiger charge is 2.60. The van der Waals surface area contributed by atoms with Crippen molar-refractivity contribution in [1.29, 1.82) is 5.26 Å². The number of rotatable bonds is 5. The molecule has 170 valence electrons. The van der Waals surface area contributed by atoms with E-state index < -0.39 is 23.5 Å². The van der Waals surface area contributed by atoms with Gasteiger partial charge in [-0.1, -0.05) is 40.7 Å². The number of hydrogen-bond donors (Lipinski definition) is 1. The van der Waals surface area contributed by atoms with Crippen LogP contribution in [0.25, 0.3) is 0 Å². The van der Waals surface area contributed by atoms with Crippen LogP contribution < -0.4 is 0 Å². The number of carboxylic acid groups (broad SMARTS) is 1. The van der Waals surface area contributed by atoms with Gasteiger partial charge in [0.05, 0.1) is 12.0 Å². The largest absolute Gasteiger partial charge is 0.479 e. The van der Waals surface area contributed by atoms with Gasteiger partial charge in [-0.15, -0.1) is 11.3 Å². The van der Waals surface area contributed by atoms with E-state index in [1.807, 2.05) is 32.9 Å². The summed E-state index contributed by atoms with van der Waals surface area (Å²) in [6.45, 7) is 12.2. The Morgan fingerprint density at radius 1 is 1.38 bits per heavy atom. The zero-order valence-corrected chi connectivity index (χ0v) is 20.4. The van der Waals surface area contributed by atoms with Crippen LogP contribution in [0.5, 0.6) is 0 Å². The van der Waals surface area contributed by atoms with Gasteiger partial charge >= 0.3 is 5.97 Å². The number of nitrogens with zero attached hydrogens (tertiary/aromatic N) is 3. The van der Waals surface area contributed by atoms with Crippen LogP contribution >= 0.6 is 11.3 Å². The number of aromatic nitrogens is 1. The Balaban J connectivity index is 2.18. The zero-order valence-electron chi connectivity index (χ0n) is 19.5. The maximum atomic E-state index is 14.0.